The Morgan fingerprint density at radius 1 is 1.29 bits per heavy atom. The maximum absolute atomic E-state index is 5.76. The molecule has 1 atom stereocenters. The summed E-state index contributed by atoms with van der Waals surface area (Å²) < 4.78 is 5.38. The number of aryl methyl sites for hydroxylation is 2. The second-order valence-electron chi connectivity index (χ2n) is 5.50. The molecule has 0 amide bonds. The van der Waals surface area contributed by atoms with Gasteiger partial charge in [-0.2, -0.15) is 0 Å². The number of methoxy groups -OCH3 is 1. The fourth-order valence-corrected chi connectivity index (χ4v) is 3.10. The largest absolute Gasteiger partial charge is 0.495 e. The predicted octanol–water partition coefficient (Wildman–Crippen LogP) is 2.33. The molecule has 1 aliphatic carbocycles. The van der Waals surface area contributed by atoms with Crippen LogP contribution in [0.25, 0.3) is 0 Å². The molecule has 1 unspecified atom stereocenters. The summed E-state index contributed by atoms with van der Waals surface area (Å²) in [6.45, 7) is 0. The molecule has 110 valence electrons. The second-order valence-corrected chi connectivity index (χ2v) is 5.50. The Hall–Kier alpha value is -1.91. The van der Waals surface area contributed by atoms with E-state index in [9.17, 15) is 0 Å². The number of nitrogens with one attached hydrogen (secondary N) is 1. The van der Waals surface area contributed by atoms with E-state index in [0.29, 0.717) is 0 Å². The van der Waals surface area contributed by atoms with E-state index in [2.05, 4.69) is 28.6 Å². The number of benzene rings is 1. The molecule has 0 saturated heterocycles. The molecule has 0 fully saturated rings. The van der Waals surface area contributed by atoms with Crippen molar-refractivity contribution in [2.75, 3.05) is 7.11 Å². The number of hydrogen-bond donors (Lipinski definition) is 2. The number of hydrazine groups is 1. The van der Waals surface area contributed by atoms with Gasteiger partial charge in [-0.1, -0.05) is 18.2 Å². The van der Waals surface area contributed by atoms with Gasteiger partial charge in [-0.3, -0.25) is 16.3 Å². The van der Waals surface area contributed by atoms with Gasteiger partial charge >= 0.3 is 0 Å². The van der Waals surface area contributed by atoms with Crippen LogP contribution in [0, 0.1) is 0 Å². The summed E-state index contributed by atoms with van der Waals surface area (Å²) >= 11 is 0. The molecule has 0 aliphatic heterocycles. The van der Waals surface area contributed by atoms with Crippen molar-refractivity contribution in [2.24, 2.45) is 5.84 Å². The van der Waals surface area contributed by atoms with E-state index >= 15 is 0 Å². The number of nitrogens with zero attached hydrogens (tertiary/aromatic N) is 1. The van der Waals surface area contributed by atoms with Crippen LogP contribution in [0.3, 0.4) is 0 Å². The molecule has 1 heterocycles. The third-order valence-corrected chi connectivity index (χ3v) is 4.22. The molecular formula is C17H21N3O. The van der Waals surface area contributed by atoms with Crippen molar-refractivity contribution in [3.8, 4) is 5.75 Å². The number of aromatic nitrogens is 1. The molecule has 3 rings (SSSR count). The highest BCUT2D eigenvalue weighted by Gasteiger charge is 2.17. The third-order valence-electron chi connectivity index (χ3n) is 4.22. The Morgan fingerprint density at radius 2 is 2.14 bits per heavy atom. The van der Waals surface area contributed by atoms with Crippen molar-refractivity contribution in [3.05, 3.63) is 58.9 Å². The van der Waals surface area contributed by atoms with Crippen molar-refractivity contribution >= 4 is 0 Å². The van der Waals surface area contributed by atoms with Gasteiger partial charge in [0.25, 0.3) is 0 Å². The van der Waals surface area contributed by atoms with Crippen LogP contribution >= 0.6 is 0 Å². The van der Waals surface area contributed by atoms with Crippen LogP contribution in [0.15, 0.2) is 36.7 Å². The first-order valence-corrected chi connectivity index (χ1v) is 7.36. The van der Waals surface area contributed by atoms with Gasteiger partial charge in [0.2, 0.25) is 0 Å². The molecule has 1 aromatic heterocycles. The minimum atomic E-state index is 0.0161. The highest BCUT2D eigenvalue weighted by molar-refractivity contribution is 5.38. The molecule has 1 aliphatic rings. The Kier molecular flexibility index (Phi) is 4.18. The van der Waals surface area contributed by atoms with E-state index in [1.54, 1.807) is 19.5 Å². The molecule has 1 aromatic carbocycles. The molecule has 4 nitrogen and oxygen atoms in total. The van der Waals surface area contributed by atoms with Gasteiger partial charge in [0.05, 0.1) is 19.3 Å². The number of ether oxygens (including phenoxy) is 1. The van der Waals surface area contributed by atoms with Crippen LogP contribution in [-0.2, 0) is 19.3 Å². The molecule has 3 N–H and O–H groups in total. The lowest BCUT2D eigenvalue weighted by Crippen LogP contribution is -2.30. The van der Waals surface area contributed by atoms with Crippen molar-refractivity contribution in [1.82, 2.24) is 10.4 Å². The quantitative estimate of drug-likeness (QED) is 0.653. The van der Waals surface area contributed by atoms with E-state index in [-0.39, 0.29) is 6.04 Å². The highest BCUT2D eigenvalue weighted by Crippen LogP contribution is 2.28. The summed E-state index contributed by atoms with van der Waals surface area (Å²) in [5, 5.41) is 0. The molecule has 21 heavy (non-hydrogen) atoms. The highest BCUT2D eigenvalue weighted by atomic mass is 16.5. The Labute approximate surface area is 125 Å². The van der Waals surface area contributed by atoms with E-state index in [1.165, 1.54) is 36.0 Å². The number of rotatable bonds is 5. The lowest BCUT2D eigenvalue weighted by molar-refractivity contribution is 0.397. The fraction of sp³-hybridized carbons (Fsp3) is 0.353. The standard InChI is InChI=1S/C17H21N3O/c1-21-17-11-19-8-7-15(17)16(20-18)10-12-5-6-13-3-2-4-14(13)9-12/h5-9,11,16,20H,2-4,10,18H2,1H3. The van der Waals surface area contributed by atoms with Crippen LogP contribution in [-0.4, -0.2) is 12.1 Å². The average molecular weight is 283 g/mol. The van der Waals surface area contributed by atoms with E-state index in [4.69, 9.17) is 10.6 Å². The SMILES string of the molecule is COc1cnccc1C(Cc1ccc2c(c1)CCC2)NN. The van der Waals surface area contributed by atoms with Crippen LogP contribution in [0.5, 0.6) is 5.75 Å². The molecular weight excluding hydrogens is 262 g/mol. The maximum Gasteiger partial charge on any atom is 0.141 e. The van der Waals surface area contributed by atoms with Crippen molar-refractivity contribution in [2.45, 2.75) is 31.7 Å². The van der Waals surface area contributed by atoms with Crippen molar-refractivity contribution in [3.63, 3.8) is 0 Å². The fourth-order valence-electron chi connectivity index (χ4n) is 3.10. The summed E-state index contributed by atoms with van der Waals surface area (Å²) in [7, 11) is 1.66. The molecule has 4 heteroatoms. The molecule has 0 spiro atoms. The molecule has 2 aromatic rings. The van der Waals surface area contributed by atoms with Gasteiger partial charge in [0, 0.05) is 11.8 Å². The number of hydrogen-bond acceptors (Lipinski definition) is 4. The van der Waals surface area contributed by atoms with Crippen LogP contribution in [0.1, 0.15) is 34.7 Å². The summed E-state index contributed by atoms with van der Waals surface area (Å²) in [6.07, 6.45) is 8.02. The first-order valence-electron chi connectivity index (χ1n) is 7.36. The van der Waals surface area contributed by atoms with Crippen LogP contribution < -0.4 is 16.0 Å². The van der Waals surface area contributed by atoms with Crippen LogP contribution in [0.2, 0.25) is 0 Å². The Bertz CT molecular complexity index is 627. The minimum Gasteiger partial charge on any atom is -0.495 e. The zero-order valence-electron chi connectivity index (χ0n) is 12.3. The molecule has 0 bridgehead atoms. The Balaban J connectivity index is 1.84. The maximum atomic E-state index is 5.76. The molecule has 0 radical (unpaired) electrons. The van der Waals surface area contributed by atoms with Gasteiger partial charge in [0.15, 0.2) is 0 Å². The zero-order valence-corrected chi connectivity index (χ0v) is 12.3. The van der Waals surface area contributed by atoms with Gasteiger partial charge in [-0.05, 0) is 48.4 Å². The van der Waals surface area contributed by atoms with E-state index < -0.39 is 0 Å². The smallest absolute Gasteiger partial charge is 0.141 e. The first kappa shape index (κ1) is 14.0. The lowest BCUT2D eigenvalue weighted by atomic mass is 9.97. The topological polar surface area (TPSA) is 60.2 Å². The van der Waals surface area contributed by atoms with Gasteiger partial charge in [0.1, 0.15) is 5.75 Å². The second kappa shape index (κ2) is 6.24. The average Bonchev–Trinajstić information content (AvgIpc) is 3.00. The third kappa shape index (κ3) is 2.91. The van der Waals surface area contributed by atoms with Gasteiger partial charge < -0.3 is 4.74 Å². The monoisotopic (exact) mass is 283 g/mol. The lowest BCUT2D eigenvalue weighted by Gasteiger charge is -2.19. The minimum absolute atomic E-state index is 0.0161. The number of fused-ring (bicyclic) bond motifs is 1. The van der Waals surface area contributed by atoms with Crippen molar-refractivity contribution < 1.29 is 4.74 Å². The summed E-state index contributed by atoms with van der Waals surface area (Å²) in [6, 6.07) is 8.76. The first-order chi connectivity index (χ1) is 10.3. The number of nitrogens with two attached hydrogens (primary N) is 1. The van der Waals surface area contributed by atoms with E-state index in [0.717, 1.165) is 17.7 Å². The Morgan fingerprint density at radius 3 is 2.95 bits per heavy atom. The summed E-state index contributed by atoms with van der Waals surface area (Å²) in [5.74, 6) is 6.53. The predicted molar refractivity (Wildman–Crippen MR) is 83.0 cm³/mol. The zero-order chi connectivity index (χ0) is 14.7. The van der Waals surface area contributed by atoms with Crippen molar-refractivity contribution in [1.29, 1.82) is 0 Å². The summed E-state index contributed by atoms with van der Waals surface area (Å²) in [5.41, 5.74) is 8.23. The van der Waals surface area contributed by atoms with Gasteiger partial charge in [-0.25, -0.2) is 0 Å². The number of pyridine rings is 1. The normalized spacial score (nSPS) is 14.8. The van der Waals surface area contributed by atoms with E-state index in [1.807, 2.05) is 6.07 Å². The summed E-state index contributed by atoms with van der Waals surface area (Å²) in [4.78, 5) is 4.09. The van der Waals surface area contributed by atoms with Gasteiger partial charge in [-0.15, -0.1) is 0 Å². The molecule has 0 saturated carbocycles. The van der Waals surface area contributed by atoms with Crippen LogP contribution in [0.4, 0.5) is 0 Å².